The molecule has 5 rings (SSSR count). The summed E-state index contributed by atoms with van der Waals surface area (Å²) in [6, 6.07) is 14.5. The molecule has 3 heterocycles. The van der Waals surface area contributed by atoms with Crippen molar-refractivity contribution >= 4 is 46.2 Å². The van der Waals surface area contributed by atoms with Crippen molar-refractivity contribution in [1.82, 2.24) is 19.8 Å². The first-order valence-corrected chi connectivity index (χ1v) is 12.9. The molecule has 202 valence electrons. The van der Waals surface area contributed by atoms with Crippen LogP contribution in [0.2, 0.25) is 10.2 Å². The maximum Gasteiger partial charge on any atom is 0.573 e. The lowest BCUT2D eigenvalue weighted by molar-refractivity contribution is -0.274. The van der Waals surface area contributed by atoms with Crippen LogP contribution < -0.4 is 10.1 Å². The second-order valence-electron chi connectivity index (χ2n) is 9.07. The highest BCUT2D eigenvalue weighted by atomic mass is 35.5. The summed E-state index contributed by atoms with van der Waals surface area (Å²) in [6.45, 7) is 2.05. The van der Waals surface area contributed by atoms with Gasteiger partial charge in [0.05, 0.1) is 5.52 Å². The van der Waals surface area contributed by atoms with Crippen molar-refractivity contribution in [1.29, 1.82) is 0 Å². The van der Waals surface area contributed by atoms with Crippen molar-refractivity contribution < 1.29 is 22.7 Å². The van der Waals surface area contributed by atoms with Crippen molar-refractivity contribution in [2.75, 3.05) is 13.1 Å². The average Bonchev–Trinajstić information content (AvgIpc) is 3.20. The van der Waals surface area contributed by atoms with Crippen molar-refractivity contribution in [3.05, 3.63) is 99.4 Å². The lowest BCUT2D eigenvalue weighted by atomic mass is 10.0. The zero-order valence-electron chi connectivity index (χ0n) is 20.5. The molecule has 4 aromatic rings. The minimum absolute atomic E-state index is 0.176. The van der Waals surface area contributed by atoms with Crippen molar-refractivity contribution in [3.63, 3.8) is 0 Å². The van der Waals surface area contributed by atoms with Gasteiger partial charge in [0.15, 0.2) is 0 Å². The number of alkyl halides is 3. The van der Waals surface area contributed by atoms with Gasteiger partial charge in [-0.3, -0.25) is 9.47 Å². The number of aromatic nitrogens is 2. The summed E-state index contributed by atoms with van der Waals surface area (Å²) in [4.78, 5) is 19.5. The largest absolute Gasteiger partial charge is 0.573 e. The molecule has 0 unspecified atom stereocenters. The van der Waals surface area contributed by atoms with E-state index in [1.54, 1.807) is 18.2 Å². The normalized spacial score (nSPS) is 14.1. The average molecular weight is 575 g/mol. The third-order valence-electron chi connectivity index (χ3n) is 6.42. The molecule has 0 saturated carbocycles. The summed E-state index contributed by atoms with van der Waals surface area (Å²) in [5, 5.41) is 4.52. The van der Waals surface area contributed by atoms with Crippen LogP contribution in [0.4, 0.5) is 18.0 Å². The topological polar surface area (TPSA) is 59.4 Å². The van der Waals surface area contributed by atoms with Crippen molar-refractivity contribution in [3.8, 4) is 5.75 Å². The fourth-order valence-corrected chi connectivity index (χ4v) is 5.02. The quantitative estimate of drug-likeness (QED) is 0.250. The summed E-state index contributed by atoms with van der Waals surface area (Å²) in [5.74, 6) is -0.387. The Morgan fingerprint density at radius 1 is 1.10 bits per heavy atom. The van der Waals surface area contributed by atoms with Crippen LogP contribution in [0, 0.1) is 0 Å². The number of carbonyl (C=O) groups is 1. The first kappa shape index (κ1) is 27.1. The smallest absolute Gasteiger partial charge is 0.406 e. The van der Waals surface area contributed by atoms with Crippen LogP contribution in [0.5, 0.6) is 5.75 Å². The Bertz CT molecular complexity index is 1530. The van der Waals surface area contributed by atoms with E-state index in [1.165, 1.54) is 22.9 Å². The summed E-state index contributed by atoms with van der Waals surface area (Å²) in [5.41, 5.74) is 3.78. The second-order valence-corrected chi connectivity index (χ2v) is 9.90. The molecule has 1 aliphatic rings. The summed E-state index contributed by atoms with van der Waals surface area (Å²) in [6.07, 6.45) is 1.29. The van der Waals surface area contributed by atoms with Gasteiger partial charge in [0.2, 0.25) is 0 Å². The van der Waals surface area contributed by atoms with Crippen LogP contribution in [-0.4, -0.2) is 39.9 Å². The molecule has 0 spiro atoms. The van der Waals surface area contributed by atoms with Gasteiger partial charge >= 0.3 is 12.4 Å². The Labute approximate surface area is 232 Å². The van der Waals surface area contributed by atoms with Gasteiger partial charge in [0, 0.05) is 61.0 Å². The van der Waals surface area contributed by atoms with Crippen LogP contribution in [0.1, 0.15) is 22.4 Å². The minimum atomic E-state index is -4.85. The summed E-state index contributed by atoms with van der Waals surface area (Å²) < 4.78 is 44.4. The predicted molar refractivity (Wildman–Crippen MR) is 145 cm³/mol. The number of amides is 1. The molecule has 0 radical (unpaired) electrons. The fourth-order valence-electron chi connectivity index (χ4n) is 4.70. The van der Waals surface area contributed by atoms with E-state index in [4.69, 9.17) is 23.2 Å². The van der Waals surface area contributed by atoms with Crippen molar-refractivity contribution in [2.24, 2.45) is 0 Å². The molecule has 6 nitrogen and oxygen atoms in total. The fraction of sp³-hybridized carbons (Fsp3) is 0.214. The molecule has 2 aromatic carbocycles. The van der Waals surface area contributed by atoms with Gasteiger partial charge in [-0.15, -0.1) is 13.2 Å². The van der Waals surface area contributed by atoms with E-state index in [0.29, 0.717) is 47.1 Å². The lowest BCUT2D eigenvalue weighted by Gasteiger charge is -2.27. The maximum atomic E-state index is 13.4. The van der Waals surface area contributed by atoms with E-state index >= 15 is 0 Å². The Morgan fingerprint density at radius 2 is 1.90 bits per heavy atom. The Balaban J connectivity index is 1.42. The van der Waals surface area contributed by atoms with Crippen LogP contribution in [0.3, 0.4) is 0 Å². The zero-order valence-corrected chi connectivity index (χ0v) is 22.0. The maximum absolute atomic E-state index is 13.4. The number of benzene rings is 2. The molecule has 0 aliphatic carbocycles. The molecule has 0 saturated heterocycles. The molecule has 0 fully saturated rings. The number of pyridine rings is 1. The monoisotopic (exact) mass is 574 g/mol. The number of halogens is 5. The number of carbonyl (C=O) groups excluding carboxylic acids is 1. The molecular formula is C28H23Cl2F3N4O2. The summed E-state index contributed by atoms with van der Waals surface area (Å²) >= 11 is 11.9. The number of nitrogens with zero attached hydrogens (tertiary/aromatic N) is 3. The van der Waals surface area contributed by atoms with E-state index in [2.05, 4.69) is 26.0 Å². The number of nitrogens with one attached hydrogen (secondary N) is 1. The van der Waals surface area contributed by atoms with E-state index in [9.17, 15) is 18.0 Å². The predicted octanol–water partition coefficient (Wildman–Crippen LogP) is 7.07. The standard InChI is InChI=1S/C28H23Cl2F3N4O2/c29-20-5-3-18(4-6-20)2-1-12-36-13-10-24-23(17-36)22-8-7-21(39-28(31,32)33)15-25(22)37(24)27(38)35-16-19-9-11-34-26(30)14-19/h1-9,11,14-15H,10,12-13,16-17H2,(H,35,38)/b2-1+. The third-order valence-corrected chi connectivity index (χ3v) is 6.87. The number of ether oxygens (including phenoxy) is 1. The molecule has 0 atom stereocenters. The highest BCUT2D eigenvalue weighted by molar-refractivity contribution is 6.30. The van der Waals surface area contributed by atoms with Gasteiger partial charge in [-0.25, -0.2) is 9.78 Å². The lowest BCUT2D eigenvalue weighted by Crippen LogP contribution is -2.34. The number of fused-ring (bicyclic) bond motifs is 3. The molecule has 39 heavy (non-hydrogen) atoms. The van der Waals surface area contributed by atoms with Gasteiger partial charge in [-0.05, 0) is 53.1 Å². The molecule has 1 amide bonds. The number of hydrogen-bond donors (Lipinski definition) is 1. The highest BCUT2D eigenvalue weighted by Gasteiger charge is 2.32. The number of rotatable bonds is 6. The molecule has 0 bridgehead atoms. The van der Waals surface area contributed by atoms with Crippen molar-refractivity contribution in [2.45, 2.75) is 25.9 Å². The van der Waals surface area contributed by atoms with E-state index < -0.39 is 12.4 Å². The Morgan fingerprint density at radius 3 is 2.64 bits per heavy atom. The van der Waals surface area contributed by atoms with E-state index in [1.807, 2.05) is 30.3 Å². The van der Waals surface area contributed by atoms with E-state index in [-0.39, 0.29) is 12.3 Å². The number of hydrogen-bond acceptors (Lipinski definition) is 4. The molecule has 1 N–H and O–H groups in total. The SMILES string of the molecule is O=C(NCc1ccnc(Cl)c1)n1c2c(c3ccc(OC(F)(F)F)cc31)CN(C/C=C/c1ccc(Cl)cc1)CC2. The molecule has 2 aromatic heterocycles. The first-order chi connectivity index (χ1) is 18.7. The first-order valence-electron chi connectivity index (χ1n) is 12.1. The van der Waals surface area contributed by atoms with Gasteiger partial charge in [0.25, 0.3) is 0 Å². The molecular weight excluding hydrogens is 552 g/mol. The second kappa shape index (κ2) is 11.3. The third kappa shape index (κ3) is 6.55. The Hall–Kier alpha value is -3.53. The van der Waals surface area contributed by atoms with Gasteiger partial charge in [-0.2, -0.15) is 0 Å². The molecule has 11 heteroatoms. The van der Waals surface area contributed by atoms with Gasteiger partial charge in [-0.1, -0.05) is 47.5 Å². The Kier molecular flexibility index (Phi) is 7.83. The minimum Gasteiger partial charge on any atom is -0.406 e. The summed E-state index contributed by atoms with van der Waals surface area (Å²) in [7, 11) is 0. The zero-order chi connectivity index (χ0) is 27.6. The molecule has 1 aliphatic heterocycles. The van der Waals surface area contributed by atoms with Crippen LogP contribution in [0.25, 0.3) is 17.0 Å². The van der Waals surface area contributed by atoms with Gasteiger partial charge < -0.3 is 10.1 Å². The highest BCUT2D eigenvalue weighted by Crippen LogP contribution is 2.34. The van der Waals surface area contributed by atoms with Gasteiger partial charge in [0.1, 0.15) is 10.9 Å². The van der Waals surface area contributed by atoms with Crippen LogP contribution >= 0.6 is 23.2 Å². The van der Waals surface area contributed by atoms with Crippen LogP contribution in [0.15, 0.2) is 66.9 Å². The van der Waals surface area contributed by atoms with E-state index in [0.717, 1.165) is 22.4 Å². The van der Waals surface area contributed by atoms with Crippen LogP contribution in [-0.2, 0) is 19.5 Å².